The third-order valence-corrected chi connectivity index (χ3v) is 6.46. The van der Waals surface area contributed by atoms with Crippen molar-refractivity contribution in [1.29, 1.82) is 5.41 Å². The van der Waals surface area contributed by atoms with E-state index in [1.807, 2.05) is 0 Å². The van der Waals surface area contributed by atoms with Crippen LogP contribution in [0, 0.1) is 18.2 Å². The minimum atomic E-state index is -1.38. The summed E-state index contributed by atoms with van der Waals surface area (Å²) in [4.78, 5) is 42.1. The molecule has 0 saturated heterocycles. The SMILES string of the molecule is COC(=O)c1ccc2c(c1)CC[C@@H]2NC(=O)C1=NC(C(O)C=N)NC(C(=O)NCc2ccc(F)c(C)c2)=C1. The zero-order chi connectivity index (χ0) is 27.4. The molecule has 0 radical (unpaired) electrons. The monoisotopic (exact) mass is 521 g/mol. The first-order valence-corrected chi connectivity index (χ1v) is 12.0. The van der Waals surface area contributed by atoms with Crippen molar-refractivity contribution in [2.75, 3.05) is 7.11 Å². The quantitative estimate of drug-likeness (QED) is 0.263. The third-order valence-electron chi connectivity index (χ3n) is 6.46. The van der Waals surface area contributed by atoms with E-state index in [1.165, 1.54) is 19.3 Å². The largest absolute Gasteiger partial charge is 0.465 e. The summed E-state index contributed by atoms with van der Waals surface area (Å²) in [5, 5.41) is 25.9. The van der Waals surface area contributed by atoms with Crippen molar-refractivity contribution in [3.8, 4) is 0 Å². The van der Waals surface area contributed by atoms with Crippen LogP contribution in [-0.2, 0) is 27.3 Å². The molecule has 1 aliphatic heterocycles. The number of carbonyl (C=O) groups is 3. The zero-order valence-corrected chi connectivity index (χ0v) is 20.9. The van der Waals surface area contributed by atoms with Gasteiger partial charge in [0, 0.05) is 12.8 Å². The highest BCUT2D eigenvalue weighted by Gasteiger charge is 2.30. The highest BCUT2D eigenvalue weighted by atomic mass is 19.1. The van der Waals surface area contributed by atoms with E-state index in [-0.39, 0.29) is 29.8 Å². The van der Waals surface area contributed by atoms with Gasteiger partial charge < -0.3 is 31.2 Å². The van der Waals surface area contributed by atoms with Crippen LogP contribution in [0.3, 0.4) is 0 Å². The Morgan fingerprint density at radius 3 is 2.76 bits per heavy atom. The Morgan fingerprint density at radius 2 is 2.05 bits per heavy atom. The summed E-state index contributed by atoms with van der Waals surface area (Å²) in [6, 6.07) is 9.32. The molecule has 2 unspecified atom stereocenters. The number of fused-ring (bicyclic) bond motifs is 1. The molecular formula is C27H28FN5O5. The van der Waals surface area contributed by atoms with Crippen molar-refractivity contribution in [1.82, 2.24) is 16.0 Å². The van der Waals surface area contributed by atoms with Gasteiger partial charge in [-0.1, -0.05) is 18.2 Å². The van der Waals surface area contributed by atoms with Crippen molar-refractivity contribution in [3.63, 3.8) is 0 Å². The molecule has 1 aliphatic carbocycles. The summed E-state index contributed by atoms with van der Waals surface area (Å²) < 4.78 is 18.3. The molecule has 38 heavy (non-hydrogen) atoms. The Balaban J connectivity index is 1.49. The Morgan fingerprint density at radius 1 is 1.26 bits per heavy atom. The molecular weight excluding hydrogens is 493 g/mol. The molecule has 5 N–H and O–H groups in total. The number of aliphatic hydroxyl groups is 1. The van der Waals surface area contributed by atoms with Gasteiger partial charge >= 0.3 is 5.97 Å². The van der Waals surface area contributed by atoms with Gasteiger partial charge in [0.25, 0.3) is 11.8 Å². The fourth-order valence-electron chi connectivity index (χ4n) is 4.40. The number of rotatable bonds is 8. The number of halogens is 1. The summed E-state index contributed by atoms with van der Waals surface area (Å²) in [6.07, 6.45) is 0.802. The highest BCUT2D eigenvalue weighted by Crippen LogP contribution is 2.32. The second-order valence-electron chi connectivity index (χ2n) is 9.05. The number of ether oxygens (including phenoxy) is 1. The maximum absolute atomic E-state index is 13.5. The average Bonchev–Trinajstić information content (AvgIpc) is 3.33. The van der Waals surface area contributed by atoms with Crippen molar-refractivity contribution < 1.29 is 28.6 Å². The van der Waals surface area contributed by atoms with Crippen LogP contribution < -0.4 is 16.0 Å². The topological polar surface area (TPSA) is 153 Å². The van der Waals surface area contributed by atoms with Crippen LogP contribution in [0.2, 0.25) is 0 Å². The number of esters is 1. The van der Waals surface area contributed by atoms with E-state index < -0.39 is 30.1 Å². The van der Waals surface area contributed by atoms with Crippen LogP contribution in [0.15, 0.2) is 53.2 Å². The molecule has 2 aromatic rings. The van der Waals surface area contributed by atoms with Gasteiger partial charge in [0.15, 0.2) is 6.17 Å². The predicted molar refractivity (Wildman–Crippen MR) is 137 cm³/mol. The summed E-state index contributed by atoms with van der Waals surface area (Å²) in [5.74, 6) is -1.90. The second-order valence-corrected chi connectivity index (χ2v) is 9.05. The molecule has 2 aromatic carbocycles. The van der Waals surface area contributed by atoms with Crippen molar-refractivity contribution in [2.45, 2.75) is 44.6 Å². The number of benzene rings is 2. The van der Waals surface area contributed by atoms with Gasteiger partial charge in [0.1, 0.15) is 23.3 Å². The number of hydrogen-bond acceptors (Lipinski definition) is 8. The molecule has 2 amide bonds. The molecule has 10 nitrogen and oxygen atoms in total. The van der Waals surface area contributed by atoms with Gasteiger partial charge in [0.2, 0.25) is 0 Å². The zero-order valence-electron chi connectivity index (χ0n) is 20.9. The molecule has 1 heterocycles. The summed E-state index contributed by atoms with van der Waals surface area (Å²) in [7, 11) is 1.31. The lowest BCUT2D eigenvalue weighted by Crippen LogP contribution is -2.47. The normalized spacial score (nSPS) is 18.7. The standard InChI is InChI=1S/C27H28FN5O5/c1-14-9-15(3-7-19(14)28)13-30-25(35)21-11-22(32-24(31-21)23(34)12-29)26(36)33-20-8-5-16-10-17(27(37)38-2)4-6-18(16)20/h3-4,6-7,9-12,20,23-24,29,31,34H,5,8,13H2,1-2H3,(H,30,35)(H,33,36)/t20-,23?,24?/m0/s1. The number of nitrogens with zero attached hydrogens (tertiary/aromatic N) is 1. The number of methoxy groups -OCH3 is 1. The average molecular weight is 522 g/mol. The van der Waals surface area contributed by atoms with Gasteiger partial charge in [-0.25, -0.2) is 9.18 Å². The fourth-order valence-corrected chi connectivity index (χ4v) is 4.40. The van der Waals surface area contributed by atoms with Crippen LogP contribution in [0.4, 0.5) is 4.39 Å². The number of aliphatic hydroxyl groups excluding tert-OH is 1. The van der Waals surface area contributed by atoms with Crippen molar-refractivity contribution >= 4 is 29.7 Å². The first kappa shape index (κ1) is 26.7. The summed E-state index contributed by atoms with van der Waals surface area (Å²) in [5.41, 5.74) is 3.26. The smallest absolute Gasteiger partial charge is 0.337 e. The molecule has 0 fully saturated rings. The second kappa shape index (κ2) is 11.3. The third kappa shape index (κ3) is 5.78. The van der Waals surface area contributed by atoms with E-state index in [2.05, 4.69) is 20.9 Å². The lowest BCUT2D eigenvalue weighted by molar-refractivity contribution is -0.118. The van der Waals surface area contributed by atoms with E-state index >= 15 is 0 Å². The molecule has 0 bridgehead atoms. The minimum absolute atomic E-state index is 0.00979. The van der Waals surface area contributed by atoms with Crippen LogP contribution in [0.1, 0.15) is 45.1 Å². The number of hydrogen-bond donors (Lipinski definition) is 5. The Labute approximate surface area is 218 Å². The van der Waals surface area contributed by atoms with E-state index in [0.717, 1.165) is 17.3 Å². The van der Waals surface area contributed by atoms with Gasteiger partial charge in [-0.15, -0.1) is 0 Å². The molecule has 4 rings (SSSR count). The Hall–Kier alpha value is -4.38. The molecule has 3 atom stereocenters. The number of carbonyl (C=O) groups excluding carboxylic acids is 3. The predicted octanol–water partition coefficient (Wildman–Crippen LogP) is 1.61. The number of aryl methyl sites for hydroxylation is 2. The van der Waals surface area contributed by atoms with Gasteiger partial charge in [0.05, 0.1) is 18.7 Å². The van der Waals surface area contributed by atoms with Gasteiger partial charge in [-0.2, -0.15) is 0 Å². The first-order chi connectivity index (χ1) is 18.2. The fraction of sp³-hybridized carbons (Fsp3) is 0.296. The minimum Gasteiger partial charge on any atom is -0.465 e. The molecule has 0 aromatic heterocycles. The van der Waals surface area contributed by atoms with E-state index in [9.17, 15) is 23.9 Å². The van der Waals surface area contributed by atoms with Crippen LogP contribution in [0.25, 0.3) is 0 Å². The van der Waals surface area contributed by atoms with Gasteiger partial charge in [-0.3, -0.25) is 14.6 Å². The maximum Gasteiger partial charge on any atom is 0.337 e. The summed E-state index contributed by atoms with van der Waals surface area (Å²) in [6.45, 7) is 1.74. The number of aliphatic imine (C=N–C) groups is 1. The van der Waals surface area contributed by atoms with E-state index in [0.29, 0.717) is 29.5 Å². The highest BCUT2D eigenvalue weighted by molar-refractivity contribution is 6.44. The molecule has 198 valence electrons. The summed E-state index contributed by atoms with van der Waals surface area (Å²) >= 11 is 0. The Bertz CT molecular complexity index is 1360. The Kier molecular flexibility index (Phi) is 7.96. The van der Waals surface area contributed by atoms with Crippen molar-refractivity contribution in [2.24, 2.45) is 4.99 Å². The lowest BCUT2D eigenvalue weighted by Gasteiger charge is -2.25. The van der Waals surface area contributed by atoms with Crippen LogP contribution in [-0.4, -0.2) is 54.2 Å². The number of amides is 2. The van der Waals surface area contributed by atoms with E-state index in [4.69, 9.17) is 10.1 Å². The molecule has 0 spiro atoms. The molecule has 2 aliphatic rings. The first-order valence-electron chi connectivity index (χ1n) is 12.0. The van der Waals surface area contributed by atoms with Crippen molar-refractivity contribution in [3.05, 3.63) is 81.8 Å². The van der Waals surface area contributed by atoms with Gasteiger partial charge in [-0.05, 0) is 66.3 Å². The lowest BCUT2D eigenvalue weighted by atomic mass is 10.0. The maximum atomic E-state index is 13.5. The number of nitrogens with one attached hydrogen (secondary N) is 4. The molecule has 0 saturated carbocycles. The van der Waals surface area contributed by atoms with E-state index in [1.54, 1.807) is 37.3 Å². The van der Waals surface area contributed by atoms with Crippen LogP contribution in [0.5, 0.6) is 0 Å². The molecule has 11 heteroatoms. The van der Waals surface area contributed by atoms with Crippen LogP contribution >= 0.6 is 0 Å².